The molecule has 0 spiro atoms. The maximum Gasteiger partial charge on any atom is 0.170 e. The van der Waals surface area contributed by atoms with Crippen molar-refractivity contribution in [2.24, 2.45) is 0 Å². The lowest BCUT2D eigenvalue weighted by Gasteiger charge is -2.26. The van der Waals surface area contributed by atoms with Crippen LogP contribution in [0.15, 0.2) is 42.5 Å². The van der Waals surface area contributed by atoms with Gasteiger partial charge in [0, 0.05) is 12.2 Å². The molecular formula is C20H27N3OS. The largest absolute Gasteiger partial charge is 0.497 e. The number of rotatable bonds is 6. The van der Waals surface area contributed by atoms with E-state index in [-0.39, 0.29) is 6.04 Å². The van der Waals surface area contributed by atoms with E-state index in [2.05, 4.69) is 73.8 Å². The Hall–Kier alpha value is -2.11. The Morgan fingerprint density at radius 3 is 2.20 bits per heavy atom. The molecule has 2 rings (SSSR count). The maximum atomic E-state index is 5.46. The smallest absolute Gasteiger partial charge is 0.170 e. The van der Waals surface area contributed by atoms with E-state index in [0.717, 1.165) is 18.0 Å². The predicted molar refractivity (Wildman–Crippen MR) is 110 cm³/mol. The van der Waals surface area contributed by atoms with Gasteiger partial charge in [0.2, 0.25) is 0 Å². The number of nitrogens with one attached hydrogen (secondary N) is 2. The molecule has 0 saturated heterocycles. The third-order valence-electron chi connectivity index (χ3n) is 4.06. The second kappa shape index (κ2) is 8.83. The number of aryl methyl sites for hydroxylation is 2. The van der Waals surface area contributed by atoms with Gasteiger partial charge in [0.1, 0.15) is 5.75 Å². The first kappa shape index (κ1) is 19.2. The van der Waals surface area contributed by atoms with Crippen molar-refractivity contribution in [3.63, 3.8) is 0 Å². The molecule has 1 atom stereocenters. The van der Waals surface area contributed by atoms with E-state index in [9.17, 15) is 0 Å². The number of benzene rings is 2. The van der Waals surface area contributed by atoms with Crippen molar-refractivity contribution in [1.29, 1.82) is 0 Å². The molecule has 0 radical (unpaired) electrons. The van der Waals surface area contributed by atoms with Crippen molar-refractivity contribution in [3.05, 3.63) is 59.2 Å². The molecule has 0 aliphatic heterocycles. The van der Waals surface area contributed by atoms with Gasteiger partial charge in [-0.05, 0) is 81.1 Å². The molecule has 4 nitrogen and oxygen atoms in total. The molecule has 0 fully saturated rings. The molecule has 5 heteroatoms. The Balaban J connectivity index is 1.99. The van der Waals surface area contributed by atoms with Gasteiger partial charge in [0.15, 0.2) is 5.11 Å². The fourth-order valence-electron chi connectivity index (χ4n) is 2.84. The molecule has 25 heavy (non-hydrogen) atoms. The zero-order valence-electron chi connectivity index (χ0n) is 15.6. The van der Waals surface area contributed by atoms with Crippen LogP contribution in [0.3, 0.4) is 0 Å². The molecule has 0 amide bonds. The number of hydrogen-bond acceptors (Lipinski definition) is 3. The summed E-state index contributed by atoms with van der Waals surface area (Å²) in [5.74, 6) is 0.862. The van der Waals surface area contributed by atoms with Crippen LogP contribution >= 0.6 is 12.2 Å². The van der Waals surface area contributed by atoms with Gasteiger partial charge in [0.05, 0.1) is 13.2 Å². The van der Waals surface area contributed by atoms with Gasteiger partial charge in [-0.15, -0.1) is 0 Å². The molecule has 2 aromatic rings. The number of anilines is 1. The number of hydrogen-bond donors (Lipinski definition) is 2. The maximum absolute atomic E-state index is 5.46. The summed E-state index contributed by atoms with van der Waals surface area (Å²) in [6, 6.07) is 14.7. The van der Waals surface area contributed by atoms with Crippen LogP contribution in [0.1, 0.15) is 22.7 Å². The van der Waals surface area contributed by atoms with Crippen LogP contribution in [0.4, 0.5) is 5.69 Å². The lowest BCUT2D eigenvalue weighted by molar-refractivity contribution is 0.299. The molecule has 0 aliphatic rings. The number of methoxy groups -OCH3 is 1. The highest BCUT2D eigenvalue weighted by atomic mass is 32.1. The van der Waals surface area contributed by atoms with E-state index in [4.69, 9.17) is 17.0 Å². The molecule has 0 aromatic heterocycles. The standard InChI is InChI=1S/C20H27N3OS/c1-14-10-15(2)12-17(11-14)22-20(25)21-13-19(23(3)4)16-6-8-18(24-5)9-7-16/h6-12,19H,13H2,1-5H3,(H2,21,22,25)/t19-/m0/s1. The predicted octanol–water partition coefficient (Wildman–Crippen LogP) is 3.90. The summed E-state index contributed by atoms with van der Waals surface area (Å²) in [4.78, 5) is 2.17. The summed E-state index contributed by atoms with van der Waals surface area (Å²) >= 11 is 5.46. The highest BCUT2D eigenvalue weighted by Gasteiger charge is 2.14. The minimum absolute atomic E-state index is 0.213. The first-order valence-corrected chi connectivity index (χ1v) is 8.73. The quantitative estimate of drug-likeness (QED) is 0.767. The number of likely N-dealkylation sites (N-methyl/N-ethyl adjacent to an activating group) is 1. The summed E-state index contributed by atoms with van der Waals surface area (Å²) in [7, 11) is 5.81. The second-order valence-electron chi connectivity index (χ2n) is 6.46. The monoisotopic (exact) mass is 357 g/mol. The Labute approximate surface area is 156 Å². The molecule has 2 aromatic carbocycles. The fraction of sp³-hybridized carbons (Fsp3) is 0.350. The molecule has 0 heterocycles. The third kappa shape index (κ3) is 5.73. The summed E-state index contributed by atoms with van der Waals surface area (Å²) in [5, 5.41) is 7.23. The van der Waals surface area contributed by atoms with Crippen molar-refractivity contribution in [2.75, 3.05) is 33.1 Å². The van der Waals surface area contributed by atoms with Crippen LogP contribution in [-0.2, 0) is 0 Å². The van der Waals surface area contributed by atoms with E-state index in [1.165, 1.54) is 16.7 Å². The lowest BCUT2D eigenvalue weighted by Crippen LogP contribution is -2.36. The molecule has 0 unspecified atom stereocenters. The zero-order valence-corrected chi connectivity index (χ0v) is 16.4. The van der Waals surface area contributed by atoms with Gasteiger partial charge in [-0.1, -0.05) is 18.2 Å². The van der Waals surface area contributed by atoms with Crippen LogP contribution in [0.5, 0.6) is 5.75 Å². The second-order valence-corrected chi connectivity index (χ2v) is 6.87. The zero-order chi connectivity index (χ0) is 18.4. The fourth-order valence-corrected chi connectivity index (χ4v) is 3.04. The number of nitrogens with zero attached hydrogens (tertiary/aromatic N) is 1. The van der Waals surface area contributed by atoms with E-state index >= 15 is 0 Å². The normalized spacial score (nSPS) is 11.9. The Bertz CT molecular complexity index is 693. The number of thiocarbonyl (C=S) groups is 1. The first-order chi connectivity index (χ1) is 11.9. The summed E-state index contributed by atoms with van der Waals surface area (Å²) in [6.45, 7) is 4.89. The van der Waals surface area contributed by atoms with Gasteiger partial charge in [-0.3, -0.25) is 0 Å². The number of ether oxygens (including phenoxy) is 1. The van der Waals surface area contributed by atoms with Gasteiger partial charge in [0.25, 0.3) is 0 Å². The molecule has 2 N–H and O–H groups in total. The summed E-state index contributed by atoms with van der Waals surface area (Å²) < 4.78 is 5.23. The molecule has 0 aliphatic carbocycles. The van der Waals surface area contributed by atoms with Crippen molar-refractivity contribution in [2.45, 2.75) is 19.9 Å². The van der Waals surface area contributed by atoms with Crippen molar-refractivity contribution < 1.29 is 4.74 Å². The van der Waals surface area contributed by atoms with Gasteiger partial charge in [-0.2, -0.15) is 0 Å². The Morgan fingerprint density at radius 2 is 1.68 bits per heavy atom. The highest BCUT2D eigenvalue weighted by Crippen LogP contribution is 2.21. The van der Waals surface area contributed by atoms with Gasteiger partial charge >= 0.3 is 0 Å². The SMILES string of the molecule is COc1ccc([C@H](CNC(=S)Nc2cc(C)cc(C)c2)N(C)C)cc1. The van der Waals surface area contributed by atoms with Crippen LogP contribution in [0.2, 0.25) is 0 Å². The summed E-state index contributed by atoms with van der Waals surface area (Å²) in [5.41, 5.74) is 4.66. The first-order valence-electron chi connectivity index (χ1n) is 8.32. The molecule has 0 saturated carbocycles. The molecule has 134 valence electrons. The minimum atomic E-state index is 0.213. The average Bonchev–Trinajstić information content (AvgIpc) is 2.54. The minimum Gasteiger partial charge on any atom is -0.497 e. The van der Waals surface area contributed by atoms with Crippen LogP contribution in [-0.4, -0.2) is 37.8 Å². The van der Waals surface area contributed by atoms with Crippen LogP contribution in [0, 0.1) is 13.8 Å². The van der Waals surface area contributed by atoms with Crippen molar-refractivity contribution in [3.8, 4) is 5.75 Å². The van der Waals surface area contributed by atoms with Crippen molar-refractivity contribution >= 4 is 23.0 Å². The van der Waals surface area contributed by atoms with E-state index in [1.807, 2.05) is 12.1 Å². The van der Waals surface area contributed by atoms with Crippen molar-refractivity contribution in [1.82, 2.24) is 10.2 Å². The summed E-state index contributed by atoms with van der Waals surface area (Å²) in [6.07, 6.45) is 0. The Morgan fingerprint density at radius 1 is 1.08 bits per heavy atom. The van der Waals surface area contributed by atoms with E-state index in [1.54, 1.807) is 7.11 Å². The van der Waals surface area contributed by atoms with E-state index < -0.39 is 0 Å². The highest BCUT2D eigenvalue weighted by molar-refractivity contribution is 7.80. The molecular weight excluding hydrogens is 330 g/mol. The average molecular weight is 358 g/mol. The molecule has 0 bridgehead atoms. The van der Waals surface area contributed by atoms with Crippen LogP contribution < -0.4 is 15.4 Å². The topological polar surface area (TPSA) is 36.5 Å². The van der Waals surface area contributed by atoms with Gasteiger partial charge in [-0.25, -0.2) is 0 Å². The van der Waals surface area contributed by atoms with Crippen LogP contribution in [0.25, 0.3) is 0 Å². The third-order valence-corrected chi connectivity index (χ3v) is 4.31. The van der Waals surface area contributed by atoms with Gasteiger partial charge < -0.3 is 20.3 Å². The Kier molecular flexibility index (Phi) is 6.79. The van der Waals surface area contributed by atoms with E-state index in [0.29, 0.717) is 5.11 Å². The lowest BCUT2D eigenvalue weighted by atomic mass is 10.1.